The summed E-state index contributed by atoms with van der Waals surface area (Å²) in [6.45, 7) is 8.06. The quantitative estimate of drug-likeness (QED) is 0.440. The molecule has 1 N–H and O–H groups in total. The monoisotopic (exact) mass is 271 g/mol. The third-order valence-corrected chi connectivity index (χ3v) is 3.82. The largest absolute Gasteiger partial charge is 0.395 e. The van der Waals surface area contributed by atoms with Gasteiger partial charge in [-0.05, 0) is 25.9 Å². The van der Waals surface area contributed by atoms with E-state index in [1.165, 1.54) is 83.7 Å². The number of unbranched alkanes of at least 4 members (excludes halogenated alkanes) is 9. The van der Waals surface area contributed by atoms with E-state index >= 15 is 0 Å². The Hall–Kier alpha value is -0.0800. The van der Waals surface area contributed by atoms with Crippen LogP contribution in [0, 0.1) is 0 Å². The van der Waals surface area contributed by atoms with Crippen molar-refractivity contribution >= 4 is 0 Å². The van der Waals surface area contributed by atoms with Crippen molar-refractivity contribution in [3.05, 3.63) is 0 Å². The SMILES string of the molecule is CCCCCCCCN(CCO)CCCCCCC. The van der Waals surface area contributed by atoms with Gasteiger partial charge in [0, 0.05) is 6.54 Å². The van der Waals surface area contributed by atoms with Gasteiger partial charge >= 0.3 is 0 Å². The van der Waals surface area contributed by atoms with Gasteiger partial charge in [-0.15, -0.1) is 0 Å². The standard InChI is InChI=1S/C17H37NO/c1-3-5-7-9-11-13-15-18(16-17-19)14-12-10-8-6-4-2/h19H,3-17H2,1-2H3. The maximum atomic E-state index is 9.11. The molecule has 0 amide bonds. The van der Waals surface area contributed by atoms with Crippen molar-refractivity contribution in [1.82, 2.24) is 4.90 Å². The normalized spacial score (nSPS) is 11.4. The van der Waals surface area contributed by atoms with Gasteiger partial charge in [0.05, 0.1) is 6.61 Å². The molecule has 0 saturated heterocycles. The Bertz CT molecular complexity index is 161. The van der Waals surface area contributed by atoms with Crippen molar-refractivity contribution < 1.29 is 5.11 Å². The fourth-order valence-corrected chi connectivity index (χ4v) is 2.53. The fourth-order valence-electron chi connectivity index (χ4n) is 2.53. The molecule has 0 unspecified atom stereocenters. The molecule has 0 aliphatic carbocycles. The minimum absolute atomic E-state index is 0.310. The highest BCUT2D eigenvalue weighted by molar-refractivity contribution is 4.58. The number of rotatable bonds is 15. The zero-order chi connectivity index (χ0) is 14.2. The molecule has 116 valence electrons. The van der Waals surface area contributed by atoms with Gasteiger partial charge < -0.3 is 10.0 Å². The molecule has 19 heavy (non-hydrogen) atoms. The summed E-state index contributed by atoms with van der Waals surface area (Å²) in [5, 5.41) is 9.11. The molecule has 0 spiro atoms. The Labute approximate surface area is 121 Å². The van der Waals surface area contributed by atoms with Crippen molar-refractivity contribution in [1.29, 1.82) is 0 Å². The number of aliphatic hydroxyl groups excluding tert-OH is 1. The van der Waals surface area contributed by atoms with Gasteiger partial charge in [0.1, 0.15) is 0 Å². The molecule has 0 aromatic heterocycles. The summed E-state index contributed by atoms with van der Waals surface area (Å²) in [5.41, 5.74) is 0. The second kappa shape index (κ2) is 16.0. The molecule has 0 aliphatic rings. The van der Waals surface area contributed by atoms with Crippen molar-refractivity contribution in [3.8, 4) is 0 Å². The van der Waals surface area contributed by atoms with E-state index in [1.54, 1.807) is 0 Å². The first-order valence-electron chi connectivity index (χ1n) is 8.68. The lowest BCUT2D eigenvalue weighted by Crippen LogP contribution is -2.29. The van der Waals surface area contributed by atoms with E-state index in [1.807, 2.05) is 0 Å². The summed E-state index contributed by atoms with van der Waals surface area (Å²) < 4.78 is 0. The van der Waals surface area contributed by atoms with Crippen LogP contribution >= 0.6 is 0 Å². The average molecular weight is 271 g/mol. The Morgan fingerprint density at radius 2 is 1.00 bits per heavy atom. The van der Waals surface area contributed by atoms with Crippen LogP contribution in [0.4, 0.5) is 0 Å². The number of hydrogen-bond acceptors (Lipinski definition) is 2. The summed E-state index contributed by atoms with van der Waals surface area (Å²) in [4.78, 5) is 2.45. The summed E-state index contributed by atoms with van der Waals surface area (Å²) in [6.07, 6.45) is 14.9. The van der Waals surface area contributed by atoms with Gasteiger partial charge in [0.25, 0.3) is 0 Å². The van der Waals surface area contributed by atoms with E-state index in [4.69, 9.17) is 5.11 Å². The lowest BCUT2D eigenvalue weighted by atomic mass is 10.1. The van der Waals surface area contributed by atoms with Crippen molar-refractivity contribution in [2.45, 2.75) is 84.5 Å². The van der Waals surface area contributed by atoms with E-state index < -0.39 is 0 Å². The van der Waals surface area contributed by atoms with Gasteiger partial charge in [0.15, 0.2) is 0 Å². The summed E-state index contributed by atoms with van der Waals surface area (Å²) in [5.74, 6) is 0. The highest BCUT2D eigenvalue weighted by Gasteiger charge is 2.03. The first-order valence-corrected chi connectivity index (χ1v) is 8.68. The van der Waals surface area contributed by atoms with Gasteiger partial charge in [-0.3, -0.25) is 0 Å². The Balaban J connectivity index is 3.45. The van der Waals surface area contributed by atoms with Crippen LogP contribution in [-0.2, 0) is 0 Å². The zero-order valence-electron chi connectivity index (χ0n) is 13.5. The number of aliphatic hydroxyl groups is 1. The molecule has 0 fully saturated rings. The first kappa shape index (κ1) is 18.9. The van der Waals surface area contributed by atoms with Gasteiger partial charge in [-0.1, -0.05) is 71.6 Å². The minimum atomic E-state index is 0.310. The molecular weight excluding hydrogens is 234 g/mol. The van der Waals surface area contributed by atoms with Gasteiger partial charge in [0.2, 0.25) is 0 Å². The Kier molecular flexibility index (Phi) is 15.9. The number of nitrogens with zero attached hydrogens (tertiary/aromatic N) is 1. The van der Waals surface area contributed by atoms with Crippen molar-refractivity contribution in [3.63, 3.8) is 0 Å². The van der Waals surface area contributed by atoms with Crippen LogP contribution in [0.5, 0.6) is 0 Å². The maximum Gasteiger partial charge on any atom is 0.0558 e. The second-order valence-corrected chi connectivity index (χ2v) is 5.75. The number of hydrogen-bond donors (Lipinski definition) is 1. The van der Waals surface area contributed by atoms with Crippen molar-refractivity contribution in [2.75, 3.05) is 26.2 Å². The molecule has 0 saturated carbocycles. The predicted octanol–water partition coefficient (Wildman–Crippen LogP) is 4.61. The Morgan fingerprint density at radius 3 is 1.42 bits per heavy atom. The molecule has 0 heterocycles. The molecule has 0 aromatic carbocycles. The van der Waals surface area contributed by atoms with Crippen LogP contribution in [0.2, 0.25) is 0 Å². The van der Waals surface area contributed by atoms with Crippen LogP contribution in [0.1, 0.15) is 84.5 Å². The van der Waals surface area contributed by atoms with E-state index in [9.17, 15) is 0 Å². The molecule has 0 radical (unpaired) electrons. The molecule has 0 atom stereocenters. The molecule has 2 heteroatoms. The third kappa shape index (κ3) is 14.1. The maximum absolute atomic E-state index is 9.11. The molecule has 2 nitrogen and oxygen atoms in total. The smallest absolute Gasteiger partial charge is 0.0558 e. The van der Waals surface area contributed by atoms with Crippen molar-refractivity contribution in [2.24, 2.45) is 0 Å². The van der Waals surface area contributed by atoms with Gasteiger partial charge in [-0.25, -0.2) is 0 Å². The van der Waals surface area contributed by atoms with Crippen LogP contribution in [0.3, 0.4) is 0 Å². The highest BCUT2D eigenvalue weighted by Crippen LogP contribution is 2.08. The lowest BCUT2D eigenvalue weighted by Gasteiger charge is -2.21. The average Bonchev–Trinajstić information content (AvgIpc) is 2.42. The third-order valence-electron chi connectivity index (χ3n) is 3.82. The predicted molar refractivity (Wildman–Crippen MR) is 85.7 cm³/mol. The van der Waals surface area contributed by atoms with Crippen LogP contribution in [0.25, 0.3) is 0 Å². The van der Waals surface area contributed by atoms with Crippen LogP contribution in [-0.4, -0.2) is 36.2 Å². The van der Waals surface area contributed by atoms with E-state index in [2.05, 4.69) is 18.7 Å². The zero-order valence-corrected chi connectivity index (χ0v) is 13.5. The lowest BCUT2D eigenvalue weighted by molar-refractivity contribution is 0.190. The van der Waals surface area contributed by atoms with E-state index in [0.29, 0.717) is 6.61 Å². The molecule has 0 rings (SSSR count). The summed E-state index contributed by atoms with van der Waals surface area (Å²) in [6, 6.07) is 0. The fraction of sp³-hybridized carbons (Fsp3) is 1.00. The van der Waals surface area contributed by atoms with E-state index in [0.717, 1.165) is 6.54 Å². The second-order valence-electron chi connectivity index (χ2n) is 5.75. The minimum Gasteiger partial charge on any atom is -0.395 e. The summed E-state index contributed by atoms with van der Waals surface area (Å²) >= 11 is 0. The molecular formula is C17H37NO. The van der Waals surface area contributed by atoms with Gasteiger partial charge in [-0.2, -0.15) is 0 Å². The van der Waals surface area contributed by atoms with Crippen LogP contribution in [0.15, 0.2) is 0 Å². The van der Waals surface area contributed by atoms with Crippen LogP contribution < -0.4 is 0 Å². The molecule has 0 bridgehead atoms. The first-order chi connectivity index (χ1) is 9.35. The summed E-state index contributed by atoms with van der Waals surface area (Å²) in [7, 11) is 0. The molecule has 0 aromatic rings. The Morgan fingerprint density at radius 1 is 0.579 bits per heavy atom. The molecule has 0 aliphatic heterocycles. The highest BCUT2D eigenvalue weighted by atomic mass is 16.3. The van der Waals surface area contributed by atoms with E-state index in [-0.39, 0.29) is 0 Å². The topological polar surface area (TPSA) is 23.5 Å².